The summed E-state index contributed by atoms with van der Waals surface area (Å²) in [6, 6.07) is 13.6. The van der Waals surface area contributed by atoms with Gasteiger partial charge in [-0.1, -0.05) is 12.1 Å². The van der Waals surface area contributed by atoms with Crippen molar-refractivity contribution in [2.24, 2.45) is 0 Å². The molecule has 5 rings (SSSR count). The van der Waals surface area contributed by atoms with Crippen LogP contribution in [-0.4, -0.2) is 41.9 Å². The van der Waals surface area contributed by atoms with Gasteiger partial charge in [0.1, 0.15) is 12.4 Å². The lowest BCUT2D eigenvalue weighted by atomic mass is 10.1. The van der Waals surface area contributed by atoms with Gasteiger partial charge in [-0.3, -0.25) is 5.10 Å². The Morgan fingerprint density at radius 1 is 1.16 bits per heavy atom. The van der Waals surface area contributed by atoms with Crippen molar-refractivity contribution in [3.63, 3.8) is 0 Å². The number of aromatic nitrogens is 5. The standard InChI is InChI=1S/C23H22N6O2/c1-23(2,30)14-31-18-7-5-17(6-8-18)26-21-22-24-9-10-29(22)13-20(27-21)15-3-4-16-12-25-28-19(16)11-15/h3-13,30H,14H2,1-2H3,(H,25,28)(H,26,27). The highest BCUT2D eigenvalue weighted by molar-refractivity contribution is 5.84. The highest BCUT2D eigenvalue weighted by Crippen LogP contribution is 2.27. The number of hydrogen-bond acceptors (Lipinski definition) is 6. The molecule has 3 heterocycles. The Morgan fingerprint density at radius 3 is 2.81 bits per heavy atom. The summed E-state index contributed by atoms with van der Waals surface area (Å²) in [6.45, 7) is 3.64. The van der Waals surface area contributed by atoms with Gasteiger partial charge in [-0.15, -0.1) is 0 Å². The summed E-state index contributed by atoms with van der Waals surface area (Å²) in [5.74, 6) is 1.34. The minimum atomic E-state index is -0.882. The van der Waals surface area contributed by atoms with E-state index in [0.29, 0.717) is 11.6 Å². The van der Waals surface area contributed by atoms with E-state index in [4.69, 9.17) is 9.72 Å². The van der Waals surface area contributed by atoms with Gasteiger partial charge >= 0.3 is 0 Å². The van der Waals surface area contributed by atoms with Crippen molar-refractivity contribution >= 4 is 28.1 Å². The summed E-state index contributed by atoms with van der Waals surface area (Å²) >= 11 is 0. The maximum atomic E-state index is 9.81. The topological polar surface area (TPSA) is 100 Å². The number of hydrogen-bond donors (Lipinski definition) is 3. The normalized spacial score (nSPS) is 11.8. The zero-order chi connectivity index (χ0) is 21.4. The van der Waals surface area contributed by atoms with Gasteiger partial charge < -0.3 is 19.6 Å². The van der Waals surface area contributed by atoms with Crippen molar-refractivity contribution in [1.29, 1.82) is 0 Å². The minimum Gasteiger partial charge on any atom is -0.491 e. The van der Waals surface area contributed by atoms with Gasteiger partial charge in [0.2, 0.25) is 0 Å². The second-order valence-corrected chi connectivity index (χ2v) is 8.06. The molecule has 0 saturated carbocycles. The summed E-state index contributed by atoms with van der Waals surface area (Å²) < 4.78 is 7.57. The van der Waals surface area contributed by atoms with Gasteiger partial charge in [-0.05, 0) is 44.2 Å². The quantitative estimate of drug-likeness (QED) is 0.386. The lowest BCUT2D eigenvalue weighted by Gasteiger charge is -2.18. The Labute approximate surface area is 178 Å². The average Bonchev–Trinajstić information content (AvgIpc) is 3.41. The van der Waals surface area contributed by atoms with Crippen molar-refractivity contribution in [1.82, 2.24) is 24.6 Å². The molecule has 8 nitrogen and oxygen atoms in total. The first kappa shape index (κ1) is 19.1. The number of nitrogens with zero attached hydrogens (tertiary/aromatic N) is 4. The van der Waals surface area contributed by atoms with E-state index >= 15 is 0 Å². The monoisotopic (exact) mass is 414 g/mol. The third kappa shape index (κ3) is 4.06. The SMILES string of the molecule is CC(C)(O)COc1ccc(Nc2nc(-c3ccc4cn[nH]c4c3)cn3ccnc23)cc1. The fourth-order valence-electron chi connectivity index (χ4n) is 3.28. The van der Waals surface area contributed by atoms with Crippen LogP contribution >= 0.6 is 0 Å². The molecule has 5 aromatic rings. The van der Waals surface area contributed by atoms with E-state index in [1.807, 2.05) is 59.3 Å². The zero-order valence-corrected chi connectivity index (χ0v) is 17.2. The van der Waals surface area contributed by atoms with Crippen molar-refractivity contribution in [2.75, 3.05) is 11.9 Å². The van der Waals surface area contributed by atoms with Gasteiger partial charge in [0, 0.05) is 35.2 Å². The van der Waals surface area contributed by atoms with Crippen molar-refractivity contribution in [3.05, 3.63) is 67.3 Å². The number of nitrogens with one attached hydrogen (secondary N) is 2. The fourth-order valence-corrected chi connectivity index (χ4v) is 3.28. The number of benzene rings is 2. The van der Waals surface area contributed by atoms with Crippen LogP contribution in [0.1, 0.15) is 13.8 Å². The first-order valence-corrected chi connectivity index (χ1v) is 9.94. The predicted octanol–water partition coefficient (Wildman–Crippen LogP) is 4.17. The summed E-state index contributed by atoms with van der Waals surface area (Å²) in [5, 5.41) is 21.3. The van der Waals surface area contributed by atoms with Gasteiger partial charge in [0.25, 0.3) is 0 Å². The van der Waals surface area contributed by atoms with Crippen LogP contribution in [0.2, 0.25) is 0 Å². The molecule has 0 amide bonds. The number of fused-ring (bicyclic) bond motifs is 2. The van der Waals surface area contributed by atoms with E-state index in [9.17, 15) is 5.11 Å². The first-order valence-electron chi connectivity index (χ1n) is 9.94. The summed E-state index contributed by atoms with van der Waals surface area (Å²) in [7, 11) is 0. The number of imidazole rings is 1. The maximum absolute atomic E-state index is 9.81. The lowest BCUT2D eigenvalue weighted by molar-refractivity contribution is 0.0285. The average molecular weight is 414 g/mol. The molecule has 0 spiro atoms. The van der Waals surface area contributed by atoms with Crippen LogP contribution < -0.4 is 10.1 Å². The molecule has 0 atom stereocenters. The third-order valence-corrected chi connectivity index (χ3v) is 4.82. The summed E-state index contributed by atoms with van der Waals surface area (Å²) in [6.07, 6.45) is 7.40. The second-order valence-electron chi connectivity index (χ2n) is 8.06. The molecule has 3 aromatic heterocycles. The zero-order valence-electron chi connectivity index (χ0n) is 17.2. The molecule has 0 fully saturated rings. The van der Waals surface area contributed by atoms with Crippen molar-refractivity contribution in [2.45, 2.75) is 19.4 Å². The fraction of sp³-hybridized carbons (Fsp3) is 0.174. The van der Waals surface area contributed by atoms with Crippen LogP contribution in [0.5, 0.6) is 5.75 Å². The number of rotatable bonds is 6. The van der Waals surface area contributed by atoms with Crippen LogP contribution in [-0.2, 0) is 0 Å². The summed E-state index contributed by atoms with van der Waals surface area (Å²) in [4.78, 5) is 9.26. The molecule has 156 valence electrons. The molecular formula is C23H22N6O2. The van der Waals surface area contributed by atoms with Gasteiger partial charge in [-0.25, -0.2) is 9.97 Å². The van der Waals surface area contributed by atoms with Crippen molar-refractivity contribution in [3.8, 4) is 17.0 Å². The number of aliphatic hydroxyl groups is 1. The molecule has 8 heteroatoms. The summed E-state index contributed by atoms with van der Waals surface area (Å²) in [5.41, 5.74) is 3.46. The minimum absolute atomic E-state index is 0.221. The highest BCUT2D eigenvalue weighted by Gasteiger charge is 2.14. The maximum Gasteiger partial charge on any atom is 0.180 e. The Balaban J connectivity index is 1.45. The number of ether oxygens (including phenoxy) is 1. The van der Waals surface area contributed by atoms with Crippen LogP contribution in [0, 0.1) is 0 Å². The molecule has 0 aliphatic heterocycles. The molecule has 2 aromatic carbocycles. The van der Waals surface area contributed by atoms with Gasteiger partial charge in [0.15, 0.2) is 11.5 Å². The predicted molar refractivity (Wildman–Crippen MR) is 120 cm³/mol. The molecule has 31 heavy (non-hydrogen) atoms. The second kappa shape index (κ2) is 7.41. The molecule has 0 aliphatic rings. The molecule has 0 unspecified atom stereocenters. The molecule has 0 bridgehead atoms. The number of H-pyrrole nitrogens is 1. The van der Waals surface area contributed by atoms with E-state index in [2.05, 4.69) is 20.5 Å². The molecular weight excluding hydrogens is 392 g/mol. The Morgan fingerprint density at radius 2 is 2.00 bits per heavy atom. The van der Waals surface area contributed by atoms with Gasteiger partial charge in [0.05, 0.1) is 23.0 Å². The highest BCUT2D eigenvalue weighted by atomic mass is 16.5. The molecule has 0 aliphatic carbocycles. The largest absolute Gasteiger partial charge is 0.491 e. The number of anilines is 2. The number of aromatic amines is 1. The van der Waals surface area contributed by atoms with Crippen LogP contribution in [0.15, 0.2) is 67.3 Å². The van der Waals surface area contributed by atoms with Crippen molar-refractivity contribution < 1.29 is 9.84 Å². The molecule has 0 saturated heterocycles. The van der Waals surface area contributed by atoms with E-state index < -0.39 is 5.60 Å². The van der Waals surface area contributed by atoms with Crippen LogP contribution in [0.25, 0.3) is 27.8 Å². The third-order valence-electron chi connectivity index (χ3n) is 4.82. The smallest absolute Gasteiger partial charge is 0.180 e. The lowest BCUT2D eigenvalue weighted by Crippen LogP contribution is -2.27. The van der Waals surface area contributed by atoms with Gasteiger partial charge in [-0.2, -0.15) is 5.10 Å². The van der Waals surface area contributed by atoms with Crippen LogP contribution in [0.3, 0.4) is 0 Å². The van der Waals surface area contributed by atoms with E-state index in [-0.39, 0.29) is 6.61 Å². The van der Waals surface area contributed by atoms with E-state index in [1.165, 1.54) is 0 Å². The van der Waals surface area contributed by atoms with E-state index in [0.717, 1.165) is 33.5 Å². The molecule has 3 N–H and O–H groups in total. The van der Waals surface area contributed by atoms with E-state index in [1.54, 1.807) is 26.2 Å². The van der Waals surface area contributed by atoms with Crippen LogP contribution in [0.4, 0.5) is 11.5 Å². The Hall–Kier alpha value is -3.91. The Kier molecular flexibility index (Phi) is 4.56. The first-order chi connectivity index (χ1) is 14.9. The Bertz CT molecular complexity index is 1350. The molecule has 0 radical (unpaired) electrons.